The van der Waals surface area contributed by atoms with E-state index in [9.17, 15) is 0 Å². The van der Waals surface area contributed by atoms with E-state index in [0.29, 0.717) is 11.2 Å². The lowest BCUT2D eigenvalue weighted by Gasteiger charge is -2.31. The largest absolute Gasteiger partial charge is 0.298 e. The number of halogens is 2. The van der Waals surface area contributed by atoms with Crippen LogP contribution in [0.2, 0.25) is 5.15 Å². The Bertz CT molecular complexity index is 319. The van der Waals surface area contributed by atoms with Gasteiger partial charge in [0.25, 0.3) is 0 Å². The van der Waals surface area contributed by atoms with Crippen molar-refractivity contribution in [3.63, 3.8) is 0 Å². The Morgan fingerprint density at radius 1 is 1.40 bits per heavy atom. The molecular weight excluding hydrogens is 233 g/mol. The zero-order chi connectivity index (χ0) is 9.97. The first-order valence-electron chi connectivity index (χ1n) is 4.95. The van der Waals surface area contributed by atoms with Crippen LogP contribution in [0.15, 0.2) is 12.4 Å². The third kappa shape index (κ3) is 3.03. The van der Waals surface area contributed by atoms with Gasteiger partial charge in [0.1, 0.15) is 5.15 Å². The van der Waals surface area contributed by atoms with Crippen molar-refractivity contribution in [3.8, 4) is 0 Å². The first-order valence-corrected chi connectivity index (χ1v) is 5.33. The normalized spacial score (nSPS) is 22.1. The molecule has 1 saturated heterocycles. The Morgan fingerprint density at radius 3 is 2.87 bits per heavy atom. The van der Waals surface area contributed by atoms with Crippen LogP contribution in [0.1, 0.15) is 31.0 Å². The molecule has 5 heteroatoms. The summed E-state index contributed by atoms with van der Waals surface area (Å²) in [5, 5.41) is 0.487. The van der Waals surface area contributed by atoms with E-state index >= 15 is 0 Å². The van der Waals surface area contributed by atoms with Crippen molar-refractivity contribution in [2.75, 3.05) is 13.6 Å². The molecule has 1 aliphatic rings. The predicted octanol–water partition coefficient (Wildman–Crippen LogP) is 2.71. The third-order valence-corrected chi connectivity index (χ3v) is 2.92. The molecule has 1 aromatic rings. The van der Waals surface area contributed by atoms with Crippen LogP contribution in [-0.2, 0) is 0 Å². The molecule has 3 nitrogen and oxygen atoms in total. The van der Waals surface area contributed by atoms with E-state index in [4.69, 9.17) is 11.6 Å². The van der Waals surface area contributed by atoms with Gasteiger partial charge in [0.15, 0.2) is 0 Å². The summed E-state index contributed by atoms with van der Waals surface area (Å²) in [7, 11) is 2.13. The molecule has 0 aromatic carbocycles. The van der Waals surface area contributed by atoms with Gasteiger partial charge in [-0.1, -0.05) is 18.0 Å². The fourth-order valence-corrected chi connectivity index (χ4v) is 2.12. The lowest BCUT2D eigenvalue weighted by atomic mass is 10.0. The van der Waals surface area contributed by atoms with Gasteiger partial charge < -0.3 is 0 Å². The second-order valence-corrected chi connectivity index (χ2v) is 4.15. The minimum absolute atomic E-state index is 0. The van der Waals surface area contributed by atoms with Gasteiger partial charge in [0.2, 0.25) is 0 Å². The molecule has 2 rings (SSSR count). The second-order valence-electron chi connectivity index (χ2n) is 3.76. The summed E-state index contributed by atoms with van der Waals surface area (Å²) < 4.78 is 0. The van der Waals surface area contributed by atoms with E-state index in [1.54, 1.807) is 6.20 Å². The average molecular weight is 248 g/mol. The molecule has 0 saturated carbocycles. The van der Waals surface area contributed by atoms with E-state index < -0.39 is 0 Å². The van der Waals surface area contributed by atoms with E-state index in [-0.39, 0.29) is 12.4 Å². The van der Waals surface area contributed by atoms with Gasteiger partial charge >= 0.3 is 0 Å². The Morgan fingerprint density at radius 2 is 2.20 bits per heavy atom. The number of rotatable bonds is 1. The summed E-state index contributed by atoms with van der Waals surface area (Å²) in [5.41, 5.74) is 1.000. The first-order chi connectivity index (χ1) is 6.77. The van der Waals surface area contributed by atoms with Crippen LogP contribution in [-0.4, -0.2) is 28.5 Å². The van der Waals surface area contributed by atoms with Crippen molar-refractivity contribution in [1.29, 1.82) is 0 Å². The summed E-state index contributed by atoms with van der Waals surface area (Å²) in [4.78, 5) is 10.7. The maximum Gasteiger partial charge on any atom is 0.147 e. The van der Waals surface area contributed by atoms with Crippen LogP contribution in [0.25, 0.3) is 0 Å². The second kappa shape index (κ2) is 5.64. The molecule has 1 unspecified atom stereocenters. The van der Waals surface area contributed by atoms with Gasteiger partial charge in [0, 0.05) is 0 Å². The number of hydrogen-bond acceptors (Lipinski definition) is 3. The fourth-order valence-electron chi connectivity index (χ4n) is 1.97. The molecule has 1 atom stereocenters. The van der Waals surface area contributed by atoms with Crippen LogP contribution in [0.4, 0.5) is 0 Å². The molecule has 0 N–H and O–H groups in total. The highest BCUT2D eigenvalue weighted by Gasteiger charge is 2.21. The molecule has 84 valence electrons. The van der Waals surface area contributed by atoms with E-state index in [1.807, 2.05) is 6.20 Å². The van der Waals surface area contributed by atoms with Crippen molar-refractivity contribution in [2.45, 2.75) is 25.3 Å². The fraction of sp³-hybridized carbons (Fsp3) is 0.600. The van der Waals surface area contributed by atoms with Gasteiger partial charge in [-0.2, -0.15) is 0 Å². The minimum atomic E-state index is 0. The number of hydrogen-bond donors (Lipinski definition) is 0. The molecular formula is C10H15Cl2N3. The quantitative estimate of drug-likeness (QED) is 0.765. The molecule has 0 amide bonds. The Balaban J connectivity index is 0.00000112. The van der Waals surface area contributed by atoms with Crippen molar-refractivity contribution in [3.05, 3.63) is 23.2 Å². The monoisotopic (exact) mass is 247 g/mol. The highest BCUT2D eigenvalue weighted by molar-refractivity contribution is 6.29. The zero-order valence-electron chi connectivity index (χ0n) is 8.69. The van der Waals surface area contributed by atoms with E-state index in [0.717, 1.165) is 18.7 Å². The van der Waals surface area contributed by atoms with Crippen LogP contribution in [0, 0.1) is 0 Å². The smallest absolute Gasteiger partial charge is 0.147 e. The maximum atomic E-state index is 5.82. The van der Waals surface area contributed by atoms with E-state index in [1.165, 1.54) is 12.8 Å². The summed E-state index contributed by atoms with van der Waals surface area (Å²) in [5.74, 6) is 0. The molecule has 1 fully saturated rings. The standard InChI is InChI=1S/C10H14ClN3.ClH/c1-14-5-3-2-4-9(14)8-6-12-7-10(11)13-8;/h6-7,9H,2-5H2,1H3;1H. The van der Waals surface area contributed by atoms with Gasteiger partial charge in [0.05, 0.1) is 24.1 Å². The van der Waals surface area contributed by atoms with Crippen molar-refractivity contribution < 1.29 is 0 Å². The SMILES string of the molecule is CN1CCCCC1c1cncc(Cl)n1.Cl. The van der Waals surface area contributed by atoms with Gasteiger partial charge in [-0.25, -0.2) is 4.98 Å². The Kier molecular flexibility index (Phi) is 4.77. The molecule has 0 bridgehead atoms. The van der Waals surface area contributed by atoms with Crippen LogP contribution >= 0.6 is 24.0 Å². The lowest BCUT2D eigenvalue weighted by molar-refractivity contribution is 0.183. The number of likely N-dealkylation sites (tertiary alicyclic amines) is 1. The molecule has 0 radical (unpaired) electrons. The predicted molar refractivity (Wildman–Crippen MR) is 63.5 cm³/mol. The summed E-state index contributed by atoms with van der Waals surface area (Å²) in [6, 6.07) is 0.398. The minimum Gasteiger partial charge on any atom is -0.298 e. The molecule has 15 heavy (non-hydrogen) atoms. The van der Waals surface area contributed by atoms with Gasteiger partial charge in [-0.05, 0) is 26.4 Å². The van der Waals surface area contributed by atoms with Crippen molar-refractivity contribution in [2.24, 2.45) is 0 Å². The molecule has 0 spiro atoms. The van der Waals surface area contributed by atoms with Gasteiger partial charge in [-0.15, -0.1) is 12.4 Å². The molecule has 1 aromatic heterocycles. The van der Waals surface area contributed by atoms with Gasteiger partial charge in [-0.3, -0.25) is 9.88 Å². The van der Waals surface area contributed by atoms with Crippen LogP contribution in [0.5, 0.6) is 0 Å². The number of nitrogens with zero attached hydrogens (tertiary/aromatic N) is 3. The highest BCUT2D eigenvalue weighted by Crippen LogP contribution is 2.28. The summed E-state index contributed by atoms with van der Waals surface area (Å²) in [6.45, 7) is 1.14. The third-order valence-electron chi connectivity index (χ3n) is 2.74. The molecule has 1 aliphatic heterocycles. The summed E-state index contributed by atoms with van der Waals surface area (Å²) in [6.07, 6.45) is 7.10. The lowest BCUT2D eigenvalue weighted by Crippen LogP contribution is -2.30. The Labute approximate surface area is 101 Å². The summed E-state index contributed by atoms with van der Waals surface area (Å²) >= 11 is 5.82. The van der Waals surface area contributed by atoms with E-state index in [2.05, 4.69) is 21.9 Å². The molecule has 2 heterocycles. The number of piperidine rings is 1. The van der Waals surface area contributed by atoms with Crippen LogP contribution < -0.4 is 0 Å². The van der Waals surface area contributed by atoms with Crippen molar-refractivity contribution in [1.82, 2.24) is 14.9 Å². The Hall–Kier alpha value is -0.380. The first kappa shape index (κ1) is 12.7. The molecule has 0 aliphatic carbocycles. The topological polar surface area (TPSA) is 29.0 Å². The average Bonchev–Trinajstić information content (AvgIpc) is 2.18. The highest BCUT2D eigenvalue weighted by atomic mass is 35.5. The van der Waals surface area contributed by atoms with Crippen molar-refractivity contribution >= 4 is 24.0 Å². The number of aromatic nitrogens is 2. The van der Waals surface area contributed by atoms with Crippen LogP contribution in [0.3, 0.4) is 0 Å². The zero-order valence-corrected chi connectivity index (χ0v) is 10.3. The maximum absolute atomic E-state index is 5.82.